The Morgan fingerprint density at radius 3 is 2.39 bits per heavy atom. The van der Waals surface area contributed by atoms with Gasteiger partial charge in [0.1, 0.15) is 6.04 Å². The molecule has 0 spiro atoms. The predicted molar refractivity (Wildman–Crippen MR) is 120 cm³/mol. The molecule has 1 N–H and O–H groups in total. The lowest BCUT2D eigenvalue weighted by Crippen LogP contribution is -2.43. The smallest absolute Gasteiger partial charge is 0.332 e. The average Bonchev–Trinajstić information content (AvgIpc) is 2.79. The van der Waals surface area contributed by atoms with Gasteiger partial charge in [0.15, 0.2) is 11.5 Å². The molecule has 1 heterocycles. The Morgan fingerprint density at radius 2 is 1.74 bits per heavy atom. The van der Waals surface area contributed by atoms with E-state index < -0.39 is 11.7 Å². The minimum Gasteiger partial charge on any atom is -0.493 e. The average molecular weight is 425 g/mol. The summed E-state index contributed by atoms with van der Waals surface area (Å²) in [4.78, 5) is 39.3. The second-order valence-corrected chi connectivity index (χ2v) is 7.11. The van der Waals surface area contributed by atoms with Crippen molar-refractivity contribution in [1.29, 1.82) is 0 Å². The first-order chi connectivity index (χ1) is 15.0. The van der Waals surface area contributed by atoms with Gasteiger partial charge in [0.05, 0.1) is 25.1 Å². The lowest BCUT2D eigenvalue weighted by molar-refractivity contribution is -0.119. The summed E-state index contributed by atoms with van der Waals surface area (Å²) in [5, 5.41) is 3.26. The molecule has 1 amide bonds. The molecule has 0 aliphatic carbocycles. The fraction of sp³-hybridized carbons (Fsp3) is 0.348. The third-order valence-corrected chi connectivity index (χ3v) is 5.18. The van der Waals surface area contributed by atoms with Crippen LogP contribution in [0.2, 0.25) is 0 Å². The summed E-state index contributed by atoms with van der Waals surface area (Å²) in [6.07, 6.45) is 0.996. The van der Waals surface area contributed by atoms with E-state index in [4.69, 9.17) is 9.47 Å². The molecule has 0 unspecified atom stereocenters. The van der Waals surface area contributed by atoms with E-state index in [0.717, 1.165) is 0 Å². The Balaban J connectivity index is 2.09. The number of fused-ring (bicyclic) bond motifs is 1. The Hall–Kier alpha value is -3.55. The van der Waals surface area contributed by atoms with Gasteiger partial charge in [0.2, 0.25) is 5.91 Å². The summed E-state index contributed by atoms with van der Waals surface area (Å²) >= 11 is 0. The molecule has 0 aliphatic heterocycles. The monoisotopic (exact) mass is 425 g/mol. The number of methoxy groups -OCH3 is 2. The minimum absolute atomic E-state index is 0.288. The molecule has 8 heteroatoms. The number of benzene rings is 2. The van der Waals surface area contributed by atoms with Crippen molar-refractivity contribution >= 4 is 22.5 Å². The first-order valence-electron chi connectivity index (χ1n) is 10.2. The van der Waals surface area contributed by atoms with Crippen molar-refractivity contribution in [3.8, 4) is 11.5 Å². The summed E-state index contributed by atoms with van der Waals surface area (Å²) < 4.78 is 13.1. The van der Waals surface area contributed by atoms with Gasteiger partial charge in [-0.25, -0.2) is 4.79 Å². The van der Waals surface area contributed by atoms with Crippen molar-refractivity contribution < 1.29 is 14.3 Å². The topological polar surface area (TPSA) is 91.6 Å². The second kappa shape index (κ2) is 9.51. The molecular formula is C23H27N3O5. The number of hydrogen-bond acceptors (Lipinski definition) is 5. The summed E-state index contributed by atoms with van der Waals surface area (Å²) in [6, 6.07) is 11.1. The Morgan fingerprint density at radius 1 is 1.03 bits per heavy atom. The number of nitrogens with one attached hydrogen (secondary N) is 1. The van der Waals surface area contributed by atoms with E-state index in [1.165, 1.54) is 23.4 Å². The minimum atomic E-state index is -0.797. The van der Waals surface area contributed by atoms with E-state index in [-0.39, 0.29) is 18.0 Å². The van der Waals surface area contributed by atoms with Crippen LogP contribution in [0.3, 0.4) is 0 Å². The second-order valence-electron chi connectivity index (χ2n) is 7.11. The lowest BCUT2D eigenvalue weighted by Gasteiger charge is -2.21. The third kappa shape index (κ3) is 4.19. The maximum Gasteiger partial charge on any atom is 0.332 e. The molecule has 1 aromatic heterocycles. The van der Waals surface area contributed by atoms with Crippen LogP contribution >= 0.6 is 0 Å². The maximum absolute atomic E-state index is 13.2. The van der Waals surface area contributed by atoms with Crippen LogP contribution in [0.4, 0.5) is 5.69 Å². The Labute approximate surface area is 180 Å². The van der Waals surface area contributed by atoms with Crippen molar-refractivity contribution in [2.75, 3.05) is 19.5 Å². The van der Waals surface area contributed by atoms with E-state index in [1.807, 2.05) is 13.8 Å². The molecule has 164 valence electrons. The number of anilines is 1. The van der Waals surface area contributed by atoms with Crippen LogP contribution in [0.15, 0.2) is 52.1 Å². The Kier molecular flexibility index (Phi) is 6.79. The largest absolute Gasteiger partial charge is 0.493 e. The van der Waals surface area contributed by atoms with E-state index >= 15 is 0 Å². The molecule has 0 saturated heterocycles. The molecule has 3 rings (SSSR count). The van der Waals surface area contributed by atoms with E-state index in [2.05, 4.69) is 5.32 Å². The maximum atomic E-state index is 13.2. The van der Waals surface area contributed by atoms with Gasteiger partial charge < -0.3 is 14.8 Å². The van der Waals surface area contributed by atoms with E-state index in [1.54, 1.807) is 42.5 Å². The van der Waals surface area contributed by atoms with Crippen LogP contribution in [-0.2, 0) is 11.3 Å². The molecule has 3 aromatic rings. The number of nitrogens with zero attached hydrogens (tertiary/aromatic N) is 2. The molecule has 0 aliphatic rings. The van der Waals surface area contributed by atoms with Gasteiger partial charge in [-0.15, -0.1) is 0 Å². The molecule has 1 atom stereocenters. The third-order valence-electron chi connectivity index (χ3n) is 5.18. The molecule has 0 saturated carbocycles. The van der Waals surface area contributed by atoms with Gasteiger partial charge in [0.25, 0.3) is 5.56 Å². The summed E-state index contributed by atoms with van der Waals surface area (Å²) in [5.74, 6) is 0.664. The van der Waals surface area contributed by atoms with Gasteiger partial charge in [-0.05, 0) is 37.1 Å². The van der Waals surface area contributed by atoms with Crippen LogP contribution in [0.5, 0.6) is 11.5 Å². The molecule has 0 fully saturated rings. The first kappa shape index (κ1) is 22.1. The van der Waals surface area contributed by atoms with Gasteiger partial charge in [0, 0.05) is 18.3 Å². The summed E-state index contributed by atoms with van der Waals surface area (Å²) in [5.41, 5.74) is 0.133. The summed E-state index contributed by atoms with van der Waals surface area (Å²) in [6.45, 7) is 4.01. The van der Waals surface area contributed by atoms with E-state index in [9.17, 15) is 14.4 Å². The molecule has 8 nitrogen and oxygen atoms in total. The van der Waals surface area contributed by atoms with Crippen LogP contribution < -0.4 is 26.0 Å². The normalized spacial score (nSPS) is 11.9. The number of hydrogen-bond donors (Lipinski definition) is 1. The molecule has 31 heavy (non-hydrogen) atoms. The fourth-order valence-electron chi connectivity index (χ4n) is 3.68. The quantitative estimate of drug-likeness (QED) is 0.599. The number of carbonyl (C=O) groups excluding carboxylic acids is 1. The highest BCUT2D eigenvalue weighted by molar-refractivity contribution is 5.95. The van der Waals surface area contributed by atoms with Crippen molar-refractivity contribution in [3.05, 3.63) is 63.3 Å². The van der Waals surface area contributed by atoms with Crippen LogP contribution in [-0.4, -0.2) is 29.3 Å². The van der Waals surface area contributed by atoms with Crippen LogP contribution in [0.25, 0.3) is 10.9 Å². The first-order valence-corrected chi connectivity index (χ1v) is 10.2. The zero-order valence-corrected chi connectivity index (χ0v) is 18.2. The molecular weight excluding hydrogens is 398 g/mol. The highest BCUT2D eigenvalue weighted by Gasteiger charge is 2.24. The van der Waals surface area contributed by atoms with Crippen molar-refractivity contribution in [1.82, 2.24) is 9.13 Å². The predicted octanol–water partition coefficient (Wildman–Crippen LogP) is 3.18. The van der Waals surface area contributed by atoms with Crippen LogP contribution in [0.1, 0.15) is 32.7 Å². The number of amides is 1. The van der Waals surface area contributed by atoms with Crippen molar-refractivity contribution in [2.45, 2.75) is 39.3 Å². The van der Waals surface area contributed by atoms with Gasteiger partial charge in [-0.1, -0.05) is 26.0 Å². The van der Waals surface area contributed by atoms with Gasteiger partial charge in [-0.2, -0.15) is 0 Å². The fourth-order valence-corrected chi connectivity index (χ4v) is 3.68. The SMILES string of the molecule is CCCn1c(=O)c2ccccc2n([C@H](CC)C(=O)Nc2ccc(OC)c(OC)c2)c1=O. The number of aromatic nitrogens is 2. The number of para-hydroxylation sites is 1. The number of rotatable bonds is 8. The molecule has 2 aromatic carbocycles. The van der Waals surface area contributed by atoms with Crippen LogP contribution in [0, 0.1) is 0 Å². The summed E-state index contributed by atoms with van der Waals surface area (Å²) in [7, 11) is 3.05. The Bertz CT molecular complexity index is 1210. The van der Waals surface area contributed by atoms with E-state index in [0.29, 0.717) is 40.9 Å². The molecule has 0 bridgehead atoms. The lowest BCUT2D eigenvalue weighted by atomic mass is 10.1. The standard InChI is InChI=1S/C23H27N3O5/c1-5-13-25-22(28)16-9-7-8-10-18(16)26(23(25)29)17(6-2)21(27)24-15-11-12-19(30-3)20(14-15)31-4/h7-12,14,17H,5-6,13H2,1-4H3,(H,24,27)/t17-/m1/s1. The highest BCUT2D eigenvalue weighted by Crippen LogP contribution is 2.30. The highest BCUT2D eigenvalue weighted by atomic mass is 16.5. The number of ether oxygens (including phenoxy) is 2. The van der Waals surface area contributed by atoms with Gasteiger partial charge in [-0.3, -0.25) is 18.7 Å². The zero-order valence-electron chi connectivity index (χ0n) is 18.2. The zero-order chi connectivity index (χ0) is 22.5. The van der Waals surface area contributed by atoms with Crippen molar-refractivity contribution in [2.24, 2.45) is 0 Å². The van der Waals surface area contributed by atoms with Gasteiger partial charge >= 0.3 is 5.69 Å². The van der Waals surface area contributed by atoms with Crippen molar-refractivity contribution in [3.63, 3.8) is 0 Å². The number of carbonyl (C=O) groups is 1. The molecule has 0 radical (unpaired) electrons.